The highest BCUT2D eigenvalue weighted by Gasteiger charge is 2.10. The lowest BCUT2D eigenvalue weighted by atomic mass is 10.2. The van der Waals surface area contributed by atoms with Crippen molar-refractivity contribution in [2.45, 2.75) is 13.3 Å². The summed E-state index contributed by atoms with van der Waals surface area (Å²) < 4.78 is 1.29. The van der Waals surface area contributed by atoms with Crippen LogP contribution < -0.4 is 5.56 Å². The summed E-state index contributed by atoms with van der Waals surface area (Å²) in [5.74, 6) is -0.0294. The van der Waals surface area contributed by atoms with Gasteiger partial charge in [-0.05, 0) is 19.1 Å². The Bertz CT molecular complexity index is 590. The molecule has 0 saturated heterocycles. The molecule has 2 N–H and O–H groups in total. The molecule has 2 aromatic rings. The van der Waals surface area contributed by atoms with E-state index in [2.05, 4.69) is 4.98 Å². The van der Waals surface area contributed by atoms with Crippen LogP contribution in [0.3, 0.4) is 0 Å². The van der Waals surface area contributed by atoms with Gasteiger partial charge in [0.25, 0.3) is 5.56 Å². The maximum Gasteiger partial charge on any atom is 0.261 e. The maximum absolute atomic E-state index is 12.0. The molecule has 0 fully saturated rings. The molecule has 84 valence electrons. The zero-order valence-electron chi connectivity index (χ0n) is 8.84. The molecule has 0 radical (unpaired) electrons. The SMILES string of the molecule is Cc1nc2c(O)cccn2c(=O)c1CCO. The molecule has 0 aliphatic rings. The van der Waals surface area contributed by atoms with Crippen molar-refractivity contribution in [3.05, 3.63) is 39.9 Å². The van der Waals surface area contributed by atoms with Crippen molar-refractivity contribution in [2.75, 3.05) is 6.61 Å². The minimum atomic E-state index is -0.243. The average Bonchev–Trinajstić information content (AvgIpc) is 2.26. The molecule has 2 rings (SSSR count). The van der Waals surface area contributed by atoms with Gasteiger partial charge in [-0.3, -0.25) is 9.20 Å². The van der Waals surface area contributed by atoms with Crippen LogP contribution in [-0.4, -0.2) is 26.2 Å². The van der Waals surface area contributed by atoms with Gasteiger partial charge in [-0.2, -0.15) is 0 Å². The fourth-order valence-corrected chi connectivity index (χ4v) is 1.69. The van der Waals surface area contributed by atoms with Crippen molar-refractivity contribution in [1.29, 1.82) is 0 Å². The highest BCUT2D eigenvalue weighted by Crippen LogP contribution is 2.14. The van der Waals surface area contributed by atoms with E-state index in [4.69, 9.17) is 5.11 Å². The van der Waals surface area contributed by atoms with Gasteiger partial charge >= 0.3 is 0 Å². The Morgan fingerprint density at radius 2 is 2.25 bits per heavy atom. The second-order valence-corrected chi connectivity index (χ2v) is 3.54. The Kier molecular flexibility index (Phi) is 2.62. The highest BCUT2D eigenvalue weighted by atomic mass is 16.3. The van der Waals surface area contributed by atoms with Crippen molar-refractivity contribution in [2.24, 2.45) is 0 Å². The smallest absolute Gasteiger partial charge is 0.261 e. The second-order valence-electron chi connectivity index (χ2n) is 3.54. The van der Waals surface area contributed by atoms with Crippen LogP contribution in [0.4, 0.5) is 0 Å². The molecular formula is C11H12N2O3. The zero-order valence-corrected chi connectivity index (χ0v) is 8.84. The second kappa shape index (κ2) is 3.94. The molecule has 5 heteroatoms. The van der Waals surface area contributed by atoms with Gasteiger partial charge < -0.3 is 10.2 Å². The molecule has 0 unspecified atom stereocenters. The molecule has 0 bridgehead atoms. The lowest BCUT2D eigenvalue weighted by Gasteiger charge is -2.07. The molecule has 2 aromatic heterocycles. The summed E-state index contributed by atoms with van der Waals surface area (Å²) in [6.07, 6.45) is 1.82. The number of fused-ring (bicyclic) bond motifs is 1. The third-order valence-electron chi connectivity index (χ3n) is 2.50. The summed E-state index contributed by atoms with van der Waals surface area (Å²) in [5.41, 5.74) is 1.02. The third-order valence-corrected chi connectivity index (χ3v) is 2.50. The lowest BCUT2D eigenvalue weighted by Crippen LogP contribution is -2.22. The quantitative estimate of drug-likeness (QED) is 0.760. The summed E-state index contributed by atoms with van der Waals surface area (Å²) >= 11 is 0. The monoisotopic (exact) mass is 220 g/mol. The van der Waals surface area contributed by atoms with Gasteiger partial charge in [0.05, 0.1) is 0 Å². The molecule has 5 nitrogen and oxygen atoms in total. The van der Waals surface area contributed by atoms with Crippen molar-refractivity contribution in [3.8, 4) is 5.75 Å². The Morgan fingerprint density at radius 1 is 1.50 bits per heavy atom. The van der Waals surface area contributed by atoms with Gasteiger partial charge in [-0.15, -0.1) is 0 Å². The van der Waals surface area contributed by atoms with E-state index >= 15 is 0 Å². The number of aromatic nitrogens is 2. The van der Waals surface area contributed by atoms with Crippen LogP contribution in [0.1, 0.15) is 11.3 Å². The number of rotatable bonds is 2. The van der Waals surface area contributed by atoms with Crippen LogP contribution >= 0.6 is 0 Å². The Balaban J connectivity index is 2.84. The average molecular weight is 220 g/mol. The molecule has 0 amide bonds. The third kappa shape index (κ3) is 1.55. The Hall–Kier alpha value is -1.88. The summed E-state index contributed by atoms with van der Waals surface area (Å²) in [4.78, 5) is 16.1. The molecule has 2 heterocycles. The number of pyridine rings is 1. The standard InChI is InChI=1S/C11H12N2O3/c1-7-8(4-6-14)11(16)13-5-2-3-9(15)10(13)12-7/h2-3,5,14-15H,4,6H2,1H3. The number of aromatic hydroxyl groups is 1. The minimum absolute atomic E-state index is 0.0294. The maximum atomic E-state index is 12.0. The number of hydrogen-bond acceptors (Lipinski definition) is 4. The molecule has 0 aliphatic carbocycles. The lowest BCUT2D eigenvalue weighted by molar-refractivity contribution is 0.298. The molecule has 0 spiro atoms. The molecule has 0 aromatic carbocycles. The van der Waals surface area contributed by atoms with Gasteiger partial charge in [0.1, 0.15) is 0 Å². The first-order valence-corrected chi connectivity index (χ1v) is 4.96. The van der Waals surface area contributed by atoms with E-state index in [1.165, 1.54) is 10.5 Å². The summed E-state index contributed by atoms with van der Waals surface area (Å²) in [6.45, 7) is 1.60. The largest absolute Gasteiger partial charge is 0.504 e. The van der Waals surface area contributed by atoms with Crippen LogP contribution in [0.15, 0.2) is 23.1 Å². The summed E-state index contributed by atoms with van der Waals surface area (Å²) in [5, 5.41) is 18.4. The van der Waals surface area contributed by atoms with E-state index < -0.39 is 0 Å². The summed E-state index contributed by atoms with van der Waals surface area (Å²) in [7, 11) is 0. The molecule has 0 aliphatic heterocycles. The molecule has 16 heavy (non-hydrogen) atoms. The van der Waals surface area contributed by atoms with Crippen molar-refractivity contribution in [3.63, 3.8) is 0 Å². The van der Waals surface area contributed by atoms with E-state index in [1.807, 2.05) is 0 Å². The Morgan fingerprint density at radius 3 is 2.94 bits per heavy atom. The molecule has 0 atom stereocenters. The van der Waals surface area contributed by atoms with E-state index in [9.17, 15) is 9.90 Å². The van der Waals surface area contributed by atoms with E-state index in [0.717, 1.165) is 0 Å². The first-order chi connectivity index (χ1) is 7.65. The van der Waals surface area contributed by atoms with Crippen LogP contribution in [0.25, 0.3) is 5.65 Å². The molecule has 0 saturated carbocycles. The van der Waals surface area contributed by atoms with Crippen LogP contribution in [-0.2, 0) is 6.42 Å². The van der Waals surface area contributed by atoms with Crippen molar-refractivity contribution < 1.29 is 10.2 Å². The van der Waals surface area contributed by atoms with E-state index in [-0.39, 0.29) is 30.0 Å². The van der Waals surface area contributed by atoms with E-state index in [1.54, 1.807) is 19.2 Å². The number of aliphatic hydroxyl groups is 1. The topological polar surface area (TPSA) is 74.8 Å². The van der Waals surface area contributed by atoms with Gasteiger partial charge in [0.2, 0.25) is 0 Å². The fraction of sp³-hybridized carbons (Fsp3) is 0.273. The number of hydrogen-bond donors (Lipinski definition) is 2. The molecular weight excluding hydrogens is 208 g/mol. The predicted molar refractivity (Wildman–Crippen MR) is 58.7 cm³/mol. The zero-order chi connectivity index (χ0) is 11.7. The van der Waals surface area contributed by atoms with Gasteiger partial charge in [-0.1, -0.05) is 0 Å². The van der Waals surface area contributed by atoms with Crippen molar-refractivity contribution in [1.82, 2.24) is 9.38 Å². The number of aryl methyl sites for hydroxylation is 1. The van der Waals surface area contributed by atoms with E-state index in [0.29, 0.717) is 11.3 Å². The van der Waals surface area contributed by atoms with Crippen molar-refractivity contribution >= 4 is 5.65 Å². The van der Waals surface area contributed by atoms with Crippen LogP contribution in [0, 0.1) is 6.92 Å². The number of aliphatic hydroxyl groups excluding tert-OH is 1. The fourth-order valence-electron chi connectivity index (χ4n) is 1.69. The van der Waals surface area contributed by atoms with Gasteiger partial charge in [0.15, 0.2) is 11.4 Å². The Labute approximate surface area is 91.6 Å². The summed E-state index contributed by atoms with van der Waals surface area (Å²) in [6, 6.07) is 3.05. The van der Waals surface area contributed by atoms with Crippen LogP contribution in [0.2, 0.25) is 0 Å². The number of nitrogens with zero attached hydrogens (tertiary/aromatic N) is 2. The minimum Gasteiger partial charge on any atom is -0.504 e. The first kappa shape index (κ1) is 10.6. The van der Waals surface area contributed by atoms with Crippen LogP contribution in [0.5, 0.6) is 5.75 Å². The first-order valence-electron chi connectivity index (χ1n) is 4.96. The van der Waals surface area contributed by atoms with Gasteiger partial charge in [-0.25, -0.2) is 4.98 Å². The van der Waals surface area contributed by atoms with Gasteiger partial charge in [0, 0.05) is 30.5 Å². The normalized spacial score (nSPS) is 10.9. The highest BCUT2D eigenvalue weighted by molar-refractivity contribution is 5.53. The predicted octanol–water partition coefficient (Wildman–Crippen LogP) is 0.243.